The molecule has 20 heavy (non-hydrogen) atoms. The van der Waals surface area contributed by atoms with Crippen LogP contribution >= 0.6 is 0 Å². The topological polar surface area (TPSA) is 70.3 Å². The van der Waals surface area contributed by atoms with Crippen LogP contribution in [0.2, 0.25) is 0 Å². The van der Waals surface area contributed by atoms with Crippen molar-refractivity contribution in [3.63, 3.8) is 0 Å². The van der Waals surface area contributed by atoms with Crippen LogP contribution in [0, 0.1) is 5.92 Å². The molecule has 3 N–H and O–H groups in total. The van der Waals surface area contributed by atoms with Crippen LogP contribution in [0.25, 0.3) is 0 Å². The fourth-order valence-electron chi connectivity index (χ4n) is 2.99. The van der Waals surface area contributed by atoms with Crippen LogP contribution < -0.4 is 16.2 Å². The number of nitrogens with one attached hydrogen (secondary N) is 1. The Hall–Kier alpha value is -1.40. The highest BCUT2D eigenvalue weighted by atomic mass is 15.3. The van der Waals surface area contributed by atoms with Crippen molar-refractivity contribution in [1.82, 2.24) is 14.9 Å². The average molecular weight is 278 g/mol. The van der Waals surface area contributed by atoms with Crippen molar-refractivity contribution in [1.29, 1.82) is 0 Å². The summed E-state index contributed by atoms with van der Waals surface area (Å²) < 4.78 is 0. The van der Waals surface area contributed by atoms with E-state index in [1.165, 1.54) is 19.5 Å². The SMILES string of the molecule is CCCc1c(NN)ncnc1N(C)CC1CCN(C)C1. The molecule has 1 aliphatic rings. The van der Waals surface area contributed by atoms with Crippen molar-refractivity contribution >= 4 is 11.6 Å². The summed E-state index contributed by atoms with van der Waals surface area (Å²) in [6.07, 6.45) is 4.83. The predicted octanol–water partition coefficient (Wildman–Crippen LogP) is 1.10. The van der Waals surface area contributed by atoms with Gasteiger partial charge in [-0.1, -0.05) is 13.3 Å². The minimum absolute atomic E-state index is 0.712. The maximum absolute atomic E-state index is 5.57. The van der Waals surface area contributed by atoms with Gasteiger partial charge in [-0.3, -0.25) is 0 Å². The highest BCUT2D eigenvalue weighted by Gasteiger charge is 2.22. The minimum atomic E-state index is 0.712. The Balaban J connectivity index is 2.13. The number of anilines is 2. The number of nitrogens with two attached hydrogens (primary N) is 1. The van der Waals surface area contributed by atoms with E-state index >= 15 is 0 Å². The van der Waals surface area contributed by atoms with Gasteiger partial charge in [0.1, 0.15) is 18.0 Å². The molecule has 1 unspecified atom stereocenters. The Morgan fingerprint density at radius 3 is 2.90 bits per heavy atom. The van der Waals surface area contributed by atoms with E-state index in [-0.39, 0.29) is 0 Å². The molecule has 0 bridgehead atoms. The zero-order valence-corrected chi connectivity index (χ0v) is 12.8. The van der Waals surface area contributed by atoms with Crippen molar-refractivity contribution in [3.05, 3.63) is 11.9 Å². The summed E-state index contributed by atoms with van der Waals surface area (Å²) in [7, 11) is 4.30. The Kier molecular flexibility index (Phi) is 5.14. The van der Waals surface area contributed by atoms with Gasteiger partial charge in [0.2, 0.25) is 0 Å². The monoisotopic (exact) mass is 278 g/mol. The fraction of sp³-hybridized carbons (Fsp3) is 0.714. The highest BCUT2D eigenvalue weighted by molar-refractivity contribution is 5.58. The van der Waals surface area contributed by atoms with Gasteiger partial charge in [0.15, 0.2) is 0 Å². The molecule has 1 aromatic heterocycles. The normalized spacial score (nSPS) is 19.3. The molecule has 0 saturated carbocycles. The molecule has 2 heterocycles. The highest BCUT2D eigenvalue weighted by Crippen LogP contribution is 2.25. The summed E-state index contributed by atoms with van der Waals surface area (Å²) in [5.41, 5.74) is 3.81. The summed E-state index contributed by atoms with van der Waals surface area (Å²) >= 11 is 0. The third-order valence-electron chi connectivity index (χ3n) is 3.94. The lowest BCUT2D eigenvalue weighted by Gasteiger charge is -2.25. The van der Waals surface area contributed by atoms with Gasteiger partial charge in [0.25, 0.3) is 0 Å². The molecule has 1 aromatic rings. The first-order chi connectivity index (χ1) is 9.65. The molecule has 112 valence electrons. The molecule has 0 spiro atoms. The Bertz CT molecular complexity index is 436. The summed E-state index contributed by atoms with van der Waals surface area (Å²) in [6, 6.07) is 0. The second-order valence-electron chi connectivity index (χ2n) is 5.72. The van der Waals surface area contributed by atoms with Crippen molar-refractivity contribution in [2.24, 2.45) is 11.8 Å². The molecule has 1 saturated heterocycles. The lowest BCUT2D eigenvalue weighted by molar-refractivity contribution is 0.395. The third kappa shape index (κ3) is 3.37. The van der Waals surface area contributed by atoms with Gasteiger partial charge in [-0.15, -0.1) is 0 Å². The number of rotatable bonds is 6. The lowest BCUT2D eigenvalue weighted by Crippen LogP contribution is -2.29. The summed E-state index contributed by atoms with van der Waals surface area (Å²) in [4.78, 5) is 13.3. The van der Waals surface area contributed by atoms with Crippen LogP contribution in [0.3, 0.4) is 0 Å². The smallest absolute Gasteiger partial charge is 0.148 e. The second kappa shape index (κ2) is 6.85. The zero-order valence-electron chi connectivity index (χ0n) is 12.8. The van der Waals surface area contributed by atoms with Crippen LogP contribution in [-0.2, 0) is 6.42 Å². The summed E-state index contributed by atoms with van der Waals surface area (Å²) in [6.45, 7) is 5.55. The van der Waals surface area contributed by atoms with Crippen molar-refractivity contribution in [2.45, 2.75) is 26.2 Å². The molecule has 6 nitrogen and oxygen atoms in total. The number of hydrazine groups is 1. The van der Waals surface area contributed by atoms with E-state index in [1.54, 1.807) is 6.33 Å². The van der Waals surface area contributed by atoms with Gasteiger partial charge in [0, 0.05) is 25.7 Å². The molecule has 1 fully saturated rings. The van der Waals surface area contributed by atoms with Gasteiger partial charge in [-0.25, -0.2) is 15.8 Å². The molecular weight excluding hydrogens is 252 g/mol. The quantitative estimate of drug-likeness (QED) is 0.600. The maximum atomic E-state index is 5.57. The molecular formula is C14H26N6. The molecule has 0 amide bonds. The molecule has 2 rings (SSSR count). The van der Waals surface area contributed by atoms with E-state index in [0.717, 1.165) is 36.6 Å². The van der Waals surface area contributed by atoms with E-state index in [4.69, 9.17) is 5.84 Å². The predicted molar refractivity (Wildman–Crippen MR) is 82.7 cm³/mol. The first-order valence-corrected chi connectivity index (χ1v) is 7.35. The van der Waals surface area contributed by atoms with E-state index in [1.807, 2.05) is 0 Å². The van der Waals surface area contributed by atoms with Crippen LogP contribution in [0.1, 0.15) is 25.3 Å². The second-order valence-corrected chi connectivity index (χ2v) is 5.72. The van der Waals surface area contributed by atoms with Crippen LogP contribution in [-0.4, -0.2) is 48.6 Å². The van der Waals surface area contributed by atoms with Crippen molar-refractivity contribution in [2.75, 3.05) is 44.1 Å². The summed E-state index contributed by atoms with van der Waals surface area (Å²) in [5, 5.41) is 0. The molecule has 1 aliphatic heterocycles. The first kappa shape index (κ1) is 15.0. The van der Waals surface area contributed by atoms with Crippen LogP contribution in [0.5, 0.6) is 0 Å². The van der Waals surface area contributed by atoms with Gasteiger partial charge < -0.3 is 15.2 Å². The fourth-order valence-corrected chi connectivity index (χ4v) is 2.99. The number of aromatic nitrogens is 2. The van der Waals surface area contributed by atoms with E-state index in [2.05, 4.69) is 46.2 Å². The number of likely N-dealkylation sites (tertiary alicyclic amines) is 1. The number of hydrogen-bond acceptors (Lipinski definition) is 6. The molecule has 0 aromatic carbocycles. The molecule has 6 heteroatoms. The van der Waals surface area contributed by atoms with E-state index in [9.17, 15) is 0 Å². The largest absolute Gasteiger partial charge is 0.359 e. The number of nitrogen functional groups attached to an aromatic ring is 1. The number of nitrogens with zero attached hydrogens (tertiary/aromatic N) is 4. The molecule has 0 radical (unpaired) electrons. The Morgan fingerprint density at radius 1 is 1.50 bits per heavy atom. The zero-order chi connectivity index (χ0) is 14.5. The Labute approximate surface area is 121 Å². The Morgan fingerprint density at radius 2 is 2.30 bits per heavy atom. The first-order valence-electron chi connectivity index (χ1n) is 7.35. The maximum Gasteiger partial charge on any atom is 0.148 e. The van der Waals surface area contributed by atoms with Crippen molar-refractivity contribution in [3.8, 4) is 0 Å². The van der Waals surface area contributed by atoms with E-state index in [0.29, 0.717) is 5.92 Å². The van der Waals surface area contributed by atoms with Crippen LogP contribution in [0.15, 0.2) is 6.33 Å². The minimum Gasteiger partial charge on any atom is -0.359 e. The van der Waals surface area contributed by atoms with E-state index < -0.39 is 0 Å². The van der Waals surface area contributed by atoms with Gasteiger partial charge in [-0.2, -0.15) is 0 Å². The number of hydrogen-bond donors (Lipinski definition) is 2. The standard InChI is InChI=1S/C14H26N6/c1-4-5-12-13(18-15)16-10-17-14(12)20(3)9-11-6-7-19(2)8-11/h10-11H,4-9,15H2,1-3H3,(H,16,17,18). The molecule has 1 atom stereocenters. The lowest BCUT2D eigenvalue weighted by atomic mass is 10.1. The third-order valence-corrected chi connectivity index (χ3v) is 3.94. The van der Waals surface area contributed by atoms with Gasteiger partial charge in [-0.05, 0) is 32.4 Å². The average Bonchev–Trinajstić information content (AvgIpc) is 2.84. The van der Waals surface area contributed by atoms with Gasteiger partial charge >= 0.3 is 0 Å². The molecule has 0 aliphatic carbocycles. The van der Waals surface area contributed by atoms with Crippen molar-refractivity contribution < 1.29 is 0 Å². The van der Waals surface area contributed by atoms with Crippen LogP contribution in [0.4, 0.5) is 11.6 Å². The summed E-state index contributed by atoms with van der Waals surface area (Å²) in [5.74, 6) is 8.02. The van der Waals surface area contributed by atoms with Gasteiger partial charge in [0.05, 0.1) is 0 Å².